The molecule has 0 fully saturated rings. The van der Waals surface area contributed by atoms with Crippen LogP contribution in [0.3, 0.4) is 0 Å². The van der Waals surface area contributed by atoms with Gasteiger partial charge in [0.15, 0.2) is 0 Å². The molecule has 2 rings (SSSR count). The lowest BCUT2D eigenvalue weighted by molar-refractivity contribution is 0.525. The van der Waals surface area contributed by atoms with Crippen LogP contribution in [0.1, 0.15) is 25.8 Å². The Balaban J connectivity index is 2.13. The largest absolute Gasteiger partial charge is 0.381 e. The molecular weight excluding hydrogens is 184 g/mol. The van der Waals surface area contributed by atoms with Gasteiger partial charge in [-0.05, 0) is 30.9 Å². The normalized spacial score (nSPS) is 19.3. The molecule has 2 nitrogen and oxygen atoms in total. The van der Waals surface area contributed by atoms with E-state index in [1.54, 1.807) is 0 Å². The van der Waals surface area contributed by atoms with Crippen LogP contribution < -0.4 is 10.6 Å². The van der Waals surface area contributed by atoms with Crippen LogP contribution >= 0.6 is 0 Å². The summed E-state index contributed by atoms with van der Waals surface area (Å²) in [6.45, 7) is 7.73. The van der Waals surface area contributed by atoms with Crippen molar-refractivity contribution in [3.8, 4) is 0 Å². The standard InChI is InChI=1S/C13H20N2/c1-9(2)7-11-8-14-13-10(3)5-4-6-12(13)15-11/h4-6,9,11,14-15H,7-8H2,1-3H3. The molecule has 1 unspecified atom stereocenters. The molecule has 82 valence electrons. The number of aryl methyl sites for hydroxylation is 1. The van der Waals surface area contributed by atoms with Gasteiger partial charge in [-0.2, -0.15) is 0 Å². The molecule has 2 heteroatoms. The molecule has 1 heterocycles. The second-order valence-corrected chi connectivity index (χ2v) is 4.85. The van der Waals surface area contributed by atoms with Crippen LogP contribution in [0.4, 0.5) is 11.4 Å². The van der Waals surface area contributed by atoms with Crippen LogP contribution in [0.15, 0.2) is 18.2 Å². The molecular formula is C13H20N2. The molecule has 0 radical (unpaired) electrons. The first-order valence-electron chi connectivity index (χ1n) is 5.77. The molecule has 0 amide bonds. The average molecular weight is 204 g/mol. The zero-order valence-corrected chi connectivity index (χ0v) is 9.80. The molecule has 1 aliphatic rings. The van der Waals surface area contributed by atoms with Gasteiger partial charge in [-0.1, -0.05) is 26.0 Å². The Kier molecular flexibility index (Phi) is 2.85. The van der Waals surface area contributed by atoms with Gasteiger partial charge < -0.3 is 10.6 Å². The van der Waals surface area contributed by atoms with Crippen molar-refractivity contribution in [3.05, 3.63) is 23.8 Å². The quantitative estimate of drug-likeness (QED) is 0.772. The first-order chi connectivity index (χ1) is 7.16. The van der Waals surface area contributed by atoms with Crippen molar-refractivity contribution in [2.75, 3.05) is 17.2 Å². The summed E-state index contributed by atoms with van der Waals surface area (Å²) in [6, 6.07) is 6.98. The van der Waals surface area contributed by atoms with Crippen molar-refractivity contribution in [2.24, 2.45) is 5.92 Å². The summed E-state index contributed by atoms with van der Waals surface area (Å²) in [7, 11) is 0. The fraction of sp³-hybridized carbons (Fsp3) is 0.538. The van der Waals surface area contributed by atoms with Crippen LogP contribution in [0.25, 0.3) is 0 Å². The summed E-state index contributed by atoms with van der Waals surface area (Å²) in [5, 5.41) is 7.13. The monoisotopic (exact) mass is 204 g/mol. The molecule has 1 aliphatic heterocycles. The smallest absolute Gasteiger partial charge is 0.0606 e. The van der Waals surface area contributed by atoms with Crippen molar-refractivity contribution in [3.63, 3.8) is 0 Å². The minimum Gasteiger partial charge on any atom is -0.381 e. The molecule has 0 aromatic heterocycles. The predicted molar refractivity (Wildman–Crippen MR) is 66.5 cm³/mol. The Labute approximate surface area is 92.1 Å². The van der Waals surface area contributed by atoms with Gasteiger partial charge in [0.05, 0.1) is 11.4 Å². The molecule has 0 bridgehead atoms. The average Bonchev–Trinajstić information content (AvgIpc) is 2.17. The molecule has 0 saturated heterocycles. The molecule has 2 N–H and O–H groups in total. The Morgan fingerprint density at radius 3 is 2.93 bits per heavy atom. The number of anilines is 2. The maximum absolute atomic E-state index is 3.61. The minimum atomic E-state index is 0.569. The molecule has 1 atom stereocenters. The summed E-state index contributed by atoms with van der Waals surface area (Å²) in [4.78, 5) is 0. The highest BCUT2D eigenvalue weighted by molar-refractivity contribution is 5.74. The number of benzene rings is 1. The number of para-hydroxylation sites is 1. The van der Waals surface area contributed by atoms with Gasteiger partial charge in [-0.15, -0.1) is 0 Å². The lowest BCUT2D eigenvalue weighted by atomic mass is 10.0. The molecule has 0 aliphatic carbocycles. The summed E-state index contributed by atoms with van der Waals surface area (Å²) in [6.07, 6.45) is 1.22. The lowest BCUT2D eigenvalue weighted by Crippen LogP contribution is -2.34. The second kappa shape index (κ2) is 4.13. The van der Waals surface area contributed by atoms with Crippen molar-refractivity contribution < 1.29 is 0 Å². The lowest BCUT2D eigenvalue weighted by Gasteiger charge is -2.30. The number of rotatable bonds is 2. The highest BCUT2D eigenvalue weighted by Crippen LogP contribution is 2.30. The number of fused-ring (bicyclic) bond motifs is 1. The maximum atomic E-state index is 3.61. The van der Waals surface area contributed by atoms with E-state index in [0.717, 1.165) is 12.5 Å². The summed E-state index contributed by atoms with van der Waals surface area (Å²) < 4.78 is 0. The van der Waals surface area contributed by atoms with Crippen molar-refractivity contribution in [1.82, 2.24) is 0 Å². The Bertz CT molecular complexity index is 344. The van der Waals surface area contributed by atoms with E-state index in [0.29, 0.717) is 6.04 Å². The third-order valence-electron chi connectivity index (χ3n) is 2.91. The predicted octanol–water partition coefficient (Wildman–Crippen LogP) is 3.25. The van der Waals surface area contributed by atoms with Crippen LogP contribution in [0, 0.1) is 12.8 Å². The highest BCUT2D eigenvalue weighted by Gasteiger charge is 2.18. The van der Waals surface area contributed by atoms with Crippen molar-refractivity contribution in [2.45, 2.75) is 33.2 Å². The van der Waals surface area contributed by atoms with Crippen LogP contribution in [-0.2, 0) is 0 Å². The third kappa shape index (κ3) is 2.25. The van der Waals surface area contributed by atoms with Crippen LogP contribution in [0.5, 0.6) is 0 Å². The summed E-state index contributed by atoms with van der Waals surface area (Å²) in [5.41, 5.74) is 3.85. The first-order valence-corrected chi connectivity index (χ1v) is 5.77. The highest BCUT2D eigenvalue weighted by atomic mass is 15.1. The van der Waals surface area contributed by atoms with Crippen molar-refractivity contribution >= 4 is 11.4 Å². The number of hydrogen-bond donors (Lipinski definition) is 2. The third-order valence-corrected chi connectivity index (χ3v) is 2.91. The maximum Gasteiger partial charge on any atom is 0.0606 e. The minimum absolute atomic E-state index is 0.569. The van der Waals surface area contributed by atoms with E-state index in [1.807, 2.05) is 0 Å². The molecule has 15 heavy (non-hydrogen) atoms. The van der Waals surface area contributed by atoms with Gasteiger partial charge in [-0.25, -0.2) is 0 Å². The fourth-order valence-corrected chi connectivity index (χ4v) is 2.23. The Morgan fingerprint density at radius 1 is 1.40 bits per heavy atom. The van der Waals surface area contributed by atoms with E-state index in [4.69, 9.17) is 0 Å². The summed E-state index contributed by atoms with van der Waals surface area (Å²) in [5.74, 6) is 0.746. The molecule has 1 aromatic rings. The second-order valence-electron chi connectivity index (χ2n) is 4.85. The topological polar surface area (TPSA) is 24.1 Å². The fourth-order valence-electron chi connectivity index (χ4n) is 2.23. The zero-order chi connectivity index (χ0) is 10.8. The van der Waals surface area contributed by atoms with Gasteiger partial charge in [0.25, 0.3) is 0 Å². The van der Waals surface area contributed by atoms with E-state index in [-0.39, 0.29) is 0 Å². The van der Waals surface area contributed by atoms with E-state index in [1.165, 1.54) is 23.4 Å². The van der Waals surface area contributed by atoms with Crippen LogP contribution in [-0.4, -0.2) is 12.6 Å². The molecule has 0 spiro atoms. The van der Waals surface area contributed by atoms with E-state index < -0.39 is 0 Å². The van der Waals surface area contributed by atoms with Crippen LogP contribution in [0.2, 0.25) is 0 Å². The van der Waals surface area contributed by atoms with Gasteiger partial charge in [0, 0.05) is 12.6 Å². The van der Waals surface area contributed by atoms with Gasteiger partial charge in [-0.3, -0.25) is 0 Å². The Morgan fingerprint density at radius 2 is 2.20 bits per heavy atom. The number of hydrogen-bond acceptors (Lipinski definition) is 2. The van der Waals surface area contributed by atoms with E-state index >= 15 is 0 Å². The first kappa shape index (κ1) is 10.3. The molecule has 1 aromatic carbocycles. The van der Waals surface area contributed by atoms with E-state index in [2.05, 4.69) is 49.6 Å². The molecule has 0 saturated carbocycles. The summed E-state index contributed by atoms with van der Waals surface area (Å²) >= 11 is 0. The zero-order valence-electron chi connectivity index (χ0n) is 9.80. The Hall–Kier alpha value is -1.18. The van der Waals surface area contributed by atoms with E-state index in [9.17, 15) is 0 Å². The van der Waals surface area contributed by atoms with Gasteiger partial charge in [0.1, 0.15) is 0 Å². The van der Waals surface area contributed by atoms with Gasteiger partial charge >= 0.3 is 0 Å². The van der Waals surface area contributed by atoms with Gasteiger partial charge in [0.2, 0.25) is 0 Å². The number of nitrogens with one attached hydrogen (secondary N) is 2. The SMILES string of the molecule is Cc1cccc2c1NCC(CC(C)C)N2. The van der Waals surface area contributed by atoms with Crippen molar-refractivity contribution in [1.29, 1.82) is 0 Å².